The molecule has 0 radical (unpaired) electrons. The van der Waals surface area contributed by atoms with Crippen LogP contribution in [0.5, 0.6) is 5.75 Å². The first-order chi connectivity index (χ1) is 10.2. The van der Waals surface area contributed by atoms with Gasteiger partial charge in [-0.1, -0.05) is 67.6 Å². The van der Waals surface area contributed by atoms with Gasteiger partial charge >= 0.3 is 5.97 Å². The third-order valence-corrected chi connectivity index (χ3v) is 3.12. The van der Waals surface area contributed by atoms with E-state index in [1.807, 2.05) is 43.3 Å². The lowest BCUT2D eigenvalue weighted by Gasteiger charge is -2.07. The van der Waals surface area contributed by atoms with Crippen LogP contribution in [0.4, 0.5) is 0 Å². The van der Waals surface area contributed by atoms with Crippen molar-refractivity contribution >= 4 is 5.97 Å². The van der Waals surface area contributed by atoms with Crippen LogP contribution < -0.4 is 4.74 Å². The van der Waals surface area contributed by atoms with Gasteiger partial charge in [-0.15, -0.1) is 0 Å². The standard InChI is InChI=1S/C19H20O2/c1-16(9-8-12-17-10-4-2-5-11-17)15-19(20)21-18-13-6-3-7-14-18/h2-11,13-14,16H,12,15H2,1H3/b9-8-. The molecule has 0 N–H and O–H groups in total. The van der Waals surface area contributed by atoms with Crippen LogP contribution in [0, 0.1) is 5.92 Å². The largest absolute Gasteiger partial charge is 0.427 e. The highest BCUT2D eigenvalue weighted by Gasteiger charge is 2.08. The lowest BCUT2D eigenvalue weighted by atomic mass is 10.1. The zero-order valence-corrected chi connectivity index (χ0v) is 12.2. The Balaban J connectivity index is 1.76. The van der Waals surface area contributed by atoms with Crippen LogP contribution in [-0.4, -0.2) is 5.97 Å². The molecule has 0 aliphatic heterocycles. The van der Waals surface area contributed by atoms with E-state index >= 15 is 0 Å². The molecule has 108 valence electrons. The van der Waals surface area contributed by atoms with Gasteiger partial charge in [0.25, 0.3) is 0 Å². The normalized spacial score (nSPS) is 12.2. The molecule has 0 saturated heterocycles. The quantitative estimate of drug-likeness (QED) is 0.445. The first-order valence-corrected chi connectivity index (χ1v) is 7.20. The summed E-state index contributed by atoms with van der Waals surface area (Å²) in [4.78, 5) is 11.8. The van der Waals surface area contributed by atoms with Gasteiger partial charge in [-0.2, -0.15) is 0 Å². The third kappa shape index (κ3) is 5.65. The topological polar surface area (TPSA) is 26.3 Å². The van der Waals surface area contributed by atoms with Gasteiger partial charge < -0.3 is 4.74 Å². The number of esters is 1. The van der Waals surface area contributed by atoms with E-state index in [9.17, 15) is 4.79 Å². The average molecular weight is 280 g/mol. The summed E-state index contributed by atoms with van der Waals surface area (Å²) >= 11 is 0. The van der Waals surface area contributed by atoms with E-state index in [0.717, 1.165) is 6.42 Å². The van der Waals surface area contributed by atoms with Crippen LogP contribution in [0.3, 0.4) is 0 Å². The van der Waals surface area contributed by atoms with E-state index in [1.165, 1.54) is 5.56 Å². The molecule has 0 spiro atoms. The first kappa shape index (κ1) is 15.0. The predicted molar refractivity (Wildman–Crippen MR) is 85.1 cm³/mol. The number of rotatable bonds is 6. The minimum absolute atomic E-state index is 0.171. The molecular formula is C19H20O2. The number of carbonyl (C=O) groups is 1. The molecule has 2 heteroatoms. The third-order valence-electron chi connectivity index (χ3n) is 3.12. The van der Waals surface area contributed by atoms with Crippen LogP contribution in [0.2, 0.25) is 0 Å². The van der Waals surface area contributed by atoms with Gasteiger partial charge in [0.15, 0.2) is 0 Å². The zero-order chi connectivity index (χ0) is 14.9. The van der Waals surface area contributed by atoms with Gasteiger partial charge in [-0.3, -0.25) is 4.79 Å². The van der Waals surface area contributed by atoms with Crippen molar-refractivity contribution in [1.29, 1.82) is 0 Å². The minimum atomic E-state index is -0.196. The number of hydrogen-bond donors (Lipinski definition) is 0. The molecule has 0 aliphatic rings. The Morgan fingerprint density at radius 3 is 2.33 bits per heavy atom. The number of hydrogen-bond acceptors (Lipinski definition) is 2. The second-order valence-electron chi connectivity index (χ2n) is 5.09. The summed E-state index contributed by atoms with van der Waals surface area (Å²) in [5.41, 5.74) is 1.27. The minimum Gasteiger partial charge on any atom is -0.427 e. The molecule has 2 rings (SSSR count). The molecule has 1 atom stereocenters. The molecular weight excluding hydrogens is 260 g/mol. The molecule has 2 aromatic rings. The Kier molecular flexibility index (Phi) is 5.77. The molecule has 0 heterocycles. The Morgan fingerprint density at radius 1 is 1.05 bits per heavy atom. The van der Waals surface area contributed by atoms with Crippen LogP contribution >= 0.6 is 0 Å². The van der Waals surface area contributed by atoms with Crippen molar-refractivity contribution in [3.05, 3.63) is 78.4 Å². The lowest BCUT2D eigenvalue weighted by molar-refractivity contribution is -0.134. The molecule has 0 amide bonds. The van der Waals surface area contributed by atoms with Crippen LogP contribution in [-0.2, 0) is 11.2 Å². The molecule has 0 aliphatic carbocycles. The van der Waals surface area contributed by atoms with Crippen molar-refractivity contribution in [3.8, 4) is 5.75 Å². The van der Waals surface area contributed by atoms with E-state index < -0.39 is 0 Å². The molecule has 0 saturated carbocycles. The van der Waals surface area contributed by atoms with Crippen molar-refractivity contribution in [1.82, 2.24) is 0 Å². The smallest absolute Gasteiger partial charge is 0.311 e. The maximum atomic E-state index is 11.8. The number of carbonyl (C=O) groups excluding carboxylic acids is 1. The van der Waals surface area contributed by atoms with Crippen LogP contribution in [0.25, 0.3) is 0 Å². The van der Waals surface area contributed by atoms with Gasteiger partial charge in [0, 0.05) is 0 Å². The van der Waals surface area contributed by atoms with E-state index in [2.05, 4.69) is 24.3 Å². The number of ether oxygens (including phenoxy) is 1. The lowest BCUT2D eigenvalue weighted by Crippen LogP contribution is -2.11. The molecule has 1 unspecified atom stereocenters. The molecule has 0 aromatic heterocycles. The highest BCUT2D eigenvalue weighted by molar-refractivity contribution is 5.72. The summed E-state index contributed by atoms with van der Waals surface area (Å²) in [6.45, 7) is 2.02. The van der Waals surface area contributed by atoms with Crippen molar-refractivity contribution in [3.63, 3.8) is 0 Å². The fourth-order valence-corrected chi connectivity index (χ4v) is 2.04. The zero-order valence-electron chi connectivity index (χ0n) is 12.2. The fraction of sp³-hybridized carbons (Fsp3) is 0.211. The van der Waals surface area contributed by atoms with E-state index in [0.29, 0.717) is 12.2 Å². The molecule has 21 heavy (non-hydrogen) atoms. The highest BCUT2D eigenvalue weighted by Crippen LogP contribution is 2.12. The Hall–Kier alpha value is -2.35. The Morgan fingerprint density at radius 2 is 1.67 bits per heavy atom. The van der Waals surface area contributed by atoms with Crippen molar-refractivity contribution in [2.45, 2.75) is 19.8 Å². The Bertz CT molecular complexity index is 573. The van der Waals surface area contributed by atoms with Crippen molar-refractivity contribution in [2.75, 3.05) is 0 Å². The van der Waals surface area contributed by atoms with Crippen molar-refractivity contribution < 1.29 is 9.53 Å². The summed E-state index contributed by atoms with van der Waals surface area (Å²) in [6, 6.07) is 19.4. The van der Waals surface area contributed by atoms with Gasteiger partial charge in [-0.25, -0.2) is 0 Å². The molecule has 0 bridgehead atoms. The van der Waals surface area contributed by atoms with Crippen molar-refractivity contribution in [2.24, 2.45) is 5.92 Å². The van der Waals surface area contributed by atoms with E-state index in [1.54, 1.807) is 12.1 Å². The number of benzene rings is 2. The highest BCUT2D eigenvalue weighted by atomic mass is 16.5. The molecule has 2 aromatic carbocycles. The van der Waals surface area contributed by atoms with Crippen LogP contribution in [0.15, 0.2) is 72.8 Å². The average Bonchev–Trinajstić information content (AvgIpc) is 2.49. The molecule has 2 nitrogen and oxygen atoms in total. The predicted octanol–water partition coefficient (Wildman–Crippen LogP) is 4.42. The summed E-state index contributed by atoms with van der Waals surface area (Å²) in [7, 11) is 0. The maximum Gasteiger partial charge on any atom is 0.311 e. The van der Waals surface area contributed by atoms with Crippen LogP contribution in [0.1, 0.15) is 18.9 Å². The molecule has 0 fully saturated rings. The summed E-state index contributed by atoms with van der Waals surface area (Å²) in [6.07, 6.45) is 5.45. The summed E-state index contributed by atoms with van der Waals surface area (Å²) in [5, 5.41) is 0. The summed E-state index contributed by atoms with van der Waals surface area (Å²) < 4.78 is 5.28. The second kappa shape index (κ2) is 8.05. The van der Waals surface area contributed by atoms with Gasteiger partial charge in [0.1, 0.15) is 5.75 Å². The monoisotopic (exact) mass is 280 g/mol. The Labute approximate surface area is 126 Å². The number of para-hydroxylation sites is 1. The first-order valence-electron chi connectivity index (χ1n) is 7.20. The van der Waals surface area contributed by atoms with Gasteiger partial charge in [0.05, 0.1) is 6.42 Å². The second-order valence-corrected chi connectivity index (χ2v) is 5.09. The maximum absolute atomic E-state index is 11.8. The van der Waals surface area contributed by atoms with Gasteiger partial charge in [0.2, 0.25) is 0 Å². The van der Waals surface area contributed by atoms with Gasteiger partial charge in [-0.05, 0) is 30.0 Å². The fourth-order valence-electron chi connectivity index (χ4n) is 2.04. The number of allylic oxidation sites excluding steroid dienone is 2. The summed E-state index contributed by atoms with van der Waals surface area (Å²) in [5.74, 6) is 0.575. The van der Waals surface area contributed by atoms with E-state index in [-0.39, 0.29) is 11.9 Å². The SMILES string of the molecule is CC(/C=C\Cc1ccccc1)CC(=O)Oc1ccccc1. The van der Waals surface area contributed by atoms with E-state index in [4.69, 9.17) is 4.74 Å².